The van der Waals surface area contributed by atoms with Crippen LogP contribution in [0.15, 0.2) is 59.1 Å². The molecule has 2 heterocycles. The third kappa shape index (κ3) is 4.42. The van der Waals surface area contributed by atoms with E-state index >= 15 is 0 Å². The zero-order chi connectivity index (χ0) is 30.7. The van der Waals surface area contributed by atoms with Crippen LogP contribution in [0.3, 0.4) is 0 Å². The molecule has 42 heavy (non-hydrogen) atoms. The van der Waals surface area contributed by atoms with Crippen LogP contribution in [0.4, 0.5) is 0 Å². The molecule has 2 aliphatic heterocycles. The highest BCUT2D eigenvalue weighted by atomic mass is 35.5. The van der Waals surface area contributed by atoms with E-state index < -0.39 is 46.9 Å². The number of carbonyl (C=O) groups is 4. The maximum Gasteiger partial charge on any atom is 0.338 e. The third-order valence-corrected chi connectivity index (χ3v) is 8.34. The fourth-order valence-electron chi connectivity index (χ4n) is 5.03. The van der Waals surface area contributed by atoms with E-state index in [2.05, 4.69) is 0 Å². The summed E-state index contributed by atoms with van der Waals surface area (Å²) >= 11 is 12.4. The molecule has 0 bridgehead atoms. The SMILES string of the molecule is CC1(C(=O)O)OC1C1=C(Cl)C(=O)c2ccccc2C1=O.COc1c(Cl)c(C2OC2(C)C(=O)O)c(OC)c2ccccc12. The second-order valence-electron chi connectivity index (χ2n) is 10.1. The van der Waals surface area contributed by atoms with Crippen LogP contribution in [-0.4, -0.2) is 65.2 Å². The van der Waals surface area contributed by atoms with Crippen molar-refractivity contribution in [2.45, 2.75) is 37.3 Å². The summed E-state index contributed by atoms with van der Waals surface area (Å²) in [5, 5.41) is 20.0. The molecular formula is C30H24Cl2O10. The van der Waals surface area contributed by atoms with Crippen LogP contribution in [0.1, 0.15) is 46.2 Å². The number of halogens is 2. The van der Waals surface area contributed by atoms with Gasteiger partial charge in [0, 0.05) is 27.5 Å². The molecule has 6 rings (SSSR count). The maximum atomic E-state index is 12.4. The van der Waals surface area contributed by atoms with E-state index in [1.165, 1.54) is 40.2 Å². The molecule has 3 aromatic rings. The largest absolute Gasteiger partial charge is 0.496 e. The Morgan fingerprint density at radius 3 is 1.69 bits per heavy atom. The predicted octanol–water partition coefficient (Wildman–Crippen LogP) is 5.23. The Hall–Kier alpha value is -3.96. The molecule has 3 aromatic carbocycles. The van der Waals surface area contributed by atoms with Crippen molar-refractivity contribution >= 4 is 57.5 Å². The van der Waals surface area contributed by atoms with E-state index in [9.17, 15) is 24.3 Å². The smallest absolute Gasteiger partial charge is 0.338 e. The van der Waals surface area contributed by atoms with Gasteiger partial charge in [-0.1, -0.05) is 71.7 Å². The van der Waals surface area contributed by atoms with Crippen molar-refractivity contribution in [2.75, 3.05) is 14.2 Å². The van der Waals surface area contributed by atoms with Gasteiger partial charge >= 0.3 is 11.9 Å². The average molecular weight is 615 g/mol. The Labute approximate surface area is 249 Å². The number of Topliss-reactive ketones (excluding diaryl/α,β-unsaturated/α-hetero) is 2. The quantitative estimate of drug-likeness (QED) is 0.353. The number of hydrogen-bond acceptors (Lipinski definition) is 8. The molecule has 10 nitrogen and oxygen atoms in total. The summed E-state index contributed by atoms with van der Waals surface area (Å²) in [7, 11) is 3.04. The van der Waals surface area contributed by atoms with Crippen LogP contribution in [0, 0.1) is 0 Å². The van der Waals surface area contributed by atoms with Gasteiger partial charge in [0.05, 0.1) is 29.8 Å². The molecule has 2 N–H and O–H groups in total. The first-order chi connectivity index (χ1) is 19.8. The van der Waals surface area contributed by atoms with Crippen molar-refractivity contribution in [1.29, 1.82) is 0 Å². The van der Waals surface area contributed by atoms with Gasteiger partial charge in [0.2, 0.25) is 5.78 Å². The van der Waals surface area contributed by atoms with Gasteiger partial charge in [-0.15, -0.1) is 0 Å². The second-order valence-corrected chi connectivity index (χ2v) is 10.8. The van der Waals surface area contributed by atoms with Crippen LogP contribution in [-0.2, 0) is 19.1 Å². The van der Waals surface area contributed by atoms with E-state index in [1.54, 1.807) is 12.1 Å². The van der Waals surface area contributed by atoms with Gasteiger partial charge in [-0.2, -0.15) is 0 Å². The van der Waals surface area contributed by atoms with E-state index in [1.807, 2.05) is 24.3 Å². The fourth-order valence-corrected chi connectivity index (χ4v) is 5.68. The molecular weight excluding hydrogens is 591 g/mol. The number of benzene rings is 3. The summed E-state index contributed by atoms with van der Waals surface area (Å²) in [6, 6.07) is 13.8. The standard InChI is InChI=1S/C16H15ClO5.C14H9ClO5/c1-16(15(18)19)14(22-16)10-11(17)13(21-3)9-7-5-4-6-8(9)12(10)20-2;1-14(13(18)19)12(20-14)8-9(15)11(17)7-5-3-2-4-6(7)10(8)16/h4-7,14H,1-3H3,(H,18,19);2-5,12H,1H3,(H,18,19). The van der Waals surface area contributed by atoms with Crippen LogP contribution in [0.25, 0.3) is 10.8 Å². The minimum Gasteiger partial charge on any atom is -0.496 e. The lowest BCUT2D eigenvalue weighted by Crippen LogP contribution is -2.29. The molecule has 0 radical (unpaired) electrons. The average Bonchev–Trinajstić information content (AvgIpc) is 3.86. The predicted molar refractivity (Wildman–Crippen MR) is 151 cm³/mol. The lowest BCUT2D eigenvalue weighted by Gasteiger charge is -2.17. The monoisotopic (exact) mass is 614 g/mol. The molecule has 0 spiro atoms. The number of hydrogen-bond donors (Lipinski definition) is 2. The van der Waals surface area contributed by atoms with Gasteiger partial charge < -0.3 is 29.2 Å². The first-order valence-corrected chi connectivity index (χ1v) is 13.3. The molecule has 0 aromatic heterocycles. The number of carbonyl (C=O) groups excluding carboxylic acids is 2. The molecule has 218 valence electrons. The van der Waals surface area contributed by atoms with E-state index in [-0.39, 0.29) is 21.7 Å². The number of rotatable bonds is 6. The van der Waals surface area contributed by atoms with E-state index in [4.69, 9.17) is 47.3 Å². The van der Waals surface area contributed by atoms with Gasteiger partial charge in [-0.25, -0.2) is 9.59 Å². The van der Waals surface area contributed by atoms with Crippen LogP contribution in [0.2, 0.25) is 5.02 Å². The van der Waals surface area contributed by atoms with Gasteiger partial charge in [-0.05, 0) is 13.8 Å². The van der Waals surface area contributed by atoms with Crippen molar-refractivity contribution in [2.24, 2.45) is 0 Å². The topological polar surface area (TPSA) is 152 Å². The van der Waals surface area contributed by atoms with E-state index in [0.717, 1.165) is 10.8 Å². The van der Waals surface area contributed by atoms with Gasteiger partial charge in [0.15, 0.2) is 17.0 Å². The Morgan fingerprint density at radius 1 is 0.762 bits per heavy atom. The van der Waals surface area contributed by atoms with Gasteiger partial charge in [-0.3, -0.25) is 9.59 Å². The molecule has 4 atom stereocenters. The maximum absolute atomic E-state index is 12.4. The number of carboxylic acids is 2. The Balaban J connectivity index is 0.000000169. The Kier molecular flexibility index (Phi) is 7.31. The summed E-state index contributed by atoms with van der Waals surface area (Å²) in [5.74, 6) is -2.19. The fraction of sp³-hybridized carbons (Fsp3) is 0.267. The van der Waals surface area contributed by atoms with Crippen LogP contribution < -0.4 is 9.47 Å². The zero-order valence-corrected chi connectivity index (χ0v) is 24.2. The highest BCUT2D eigenvalue weighted by molar-refractivity contribution is 6.50. The third-order valence-electron chi connectivity index (χ3n) is 7.59. The Morgan fingerprint density at radius 2 is 1.21 bits per heavy atom. The van der Waals surface area contributed by atoms with Crippen molar-refractivity contribution in [3.8, 4) is 11.5 Å². The summed E-state index contributed by atoms with van der Waals surface area (Å²) in [6.45, 7) is 2.85. The van der Waals surface area contributed by atoms with Crippen molar-refractivity contribution in [1.82, 2.24) is 0 Å². The molecule has 1 aliphatic carbocycles. The van der Waals surface area contributed by atoms with E-state index in [0.29, 0.717) is 22.1 Å². The minimum atomic E-state index is -1.50. The molecule has 0 amide bonds. The summed E-state index contributed by atoms with van der Waals surface area (Å²) < 4.78 is 21.4. The highest BCUT2D eigenvalue weighted by Crippen LogP contribution is 2.58. The first kappa shape index (κ1) is 29.5. The number of fused-ring (bicyclic) bond motifs is 2. The van der Waals surface area contributed by atoms with Crippen molar-refractivity contribution in [3.05, 3.63) is 80.8 Å². The first-order valence-electron chi connectivity index (χ1n) is 12.6. The number of aliphatic carboxylic acids is 2. The lowest BCUT2D eigenvalue weighted by molar-refractivity contribution is -0.143. The number of epoxide rings is 2. The summed E-state index contributed by atoms with van der Waals surface area (Å²) in [4.78, 5) is 47.0. The second kappa shape index (κ2) is 10.4. The normalized spacial score (nSPS) is 25.8. The molecule has 3 aliphatic rings. The van der Waals surface area contributed by atoms with Crippen molar-refractivity contribution < 1.29 is 48.3 Å². The molecule has 2 fully saturated rings. The Bertz CT molecular complexity index is 1730. The van der Waals surface area contributed by atoms with Gasteiger partial charge in [0.25, 0.3) is 0 Å². The molecule has 2 saturated heterocycles. The molecule has 12 heteroatoms. The number of methoxy groups -OCH3 is 2. The van der Waals surface area contributed by atoms with Crippen LogP contribution >= 0.6 is 23.2 Å². The highest BCUT2D eigenvalue weighted by Gasteiger charge is 2.64. The molecule has 0 saturated carbocycles. The lowest BCUT2D eigenvalue weighted by atomic mass is 9.85. The van der Waals surface area contributed by atoms with Gasteiger partial charge in [0.1, 0.15) is 23.7 Å². The minimum absolute atomic E-state index is 0.0692. The number of ether oxygens (including phenoxy) is 4. The number of allylic oxidation sites excluding steroid dienone is 1. The summed E-state index contributed by atoms with van der Waals surface area (Å²) in [6.07, 6.45) is -1.66. The zero-order valence-electron chi connectivity index (χ0n) is 22.7. The van der Waals surface area contributed by atoms with Crippen LogP contribution in [0.5, 0.6) is 11.5 Å². The molecule has 4 unspecified atom stereocenters. The van der Waals surface area contributed by atoms with Crippen molar-refractivity contribution in [3.63, 3.8) is 0 Å². The number of ketones is 2. The number of carboxylic acid groups (broad SMARTS) is 2. The summed E-state index contributed by atoms with van der Waals surface area (Å²) in [5.41, 5.74) is -1.92.